The average molecular weight is 491 g/mol. The Bertz CT molecular complexity index is 1020. The molecule has 0 radical (unpaired) electrons. The number of amides is 2. The van der Waals surface area contributed by atoms with Crippen molar-refractivity contribution in [3.8, 4) is 11.3 Å². The van der Waals surface area contributed by atoms with E-state index in [1.165, 1.54) is 24.4 Å². The van der Waals surface area contributed by atoms with Gasteiger partial charge in [-0.25, -0.2) is 9.82 Å². The molecule has 2 N–H and O–H groups in total. The number of hydrogen-bond donors (Lipinski definition) is 2. The number of furan rings is 1. The third-order valence-electron chi connectivity index (χ3n) is 3.63. The van der Waals surface area contributed by atoms with Crippen LogP contribution in [-0.2, 0) is 4.79 Å². The van der Waals surface area contributed by atoms with Crippen molar-refractivity contribution in [3.05, 3.63) is 81.4 Å². The van der Waals surface area contributed by atoms with Gasteiger partial charge < -0.3 is 9.73 Å². The molecule has 142 valence electrons. The lowest BCUT2D eigenvalue weighted by Crippen LogP contribution is -2.34. The van der Waals surface area contributed by atoms with Crippen molar-refractivity contribution in [2.45, 2.75) is 0 Å². The van der Waals surface area contributed by atoms with Crippen molar-refractivity contribution in [1.29, 1.82) is 0 Å². The molecule has 0 saturated heterocycles. The predicted molar refractivity (Wildman–Crippen MR) is 111 cm³/mol. The third kappa shape index (κ3) is 5.49. The molecule has 8 heteroatoms. The van der Waals surface area contributed by atoms with Crippen molar-refractivity contribution >= 4 is 40.6 Å². The van der Waals surface area contributed by atoms with E-state index in [4.69, 9.17) is 4.42 Å². The lowest BCUT2D eigenvalue weighted by molar-refractivity contribution is -0.120. The lowest BCUT2D eigenvalue weighted by atomic mass is 10.2. The van der Waals surface area contributed by atoms with E-state index >= 15 is 0 Å². The molecule has 3 aromatic rings. The van der Waals surface area contributed by atoms with Gasteiger partial charge in [-0.2, -0.15) is 5.10 Å². The van der Waals surface area contributed by atoms with Crippen molar-refractivity contribution in [3.63, 3.8) is 0 Å². The van der Waals surface area contributed by atoms with E-state index in [2.05, 4.69) is 38.4 Å². The summed E-state index contributed by atoms with van der Waals surface area (Å²) in [5.41, 5.74) is 3.36. The van der Waals surface area contributed by atoms with Crippen molar-refractivity contribution in [1.82, 2.24) is 10.7 Å². The molecule has 0 atom stereocenters. The highest BCUT2D eigenvalue weighted by Gasteiger charge is 2.08. The number of hydrogen-bond acceptors (Lipinski definition) is 4. The third-order valence-corrected chi connectivity index (χ3v) is 4.35. The zero-order valence-electron chi connectivity index (χ0n) is 14.5. The molecule has 3 rings (SSSR count). The molecule has 0 spiro atoms. The highest BCUT2D eigenvalue weighted by Crippen LogP contribution is 2.22. The van der Waals surface area contributed by atoms with Crippen LogP contribution in [0.2, 0.25) is 0 Å². The highest BCUT2D eigenvalue weighted by molar-refractivity contribution is 14.1. The van der Waals surface area contributed by atoms with Crippen LogP contribution in [0.15, 0.2) is 70.2 Å². The molecule has 0 aliphatic carbocycles. The molecule has 0 aliphatic heterocycles. The summed E-state index contributed by atoms with van der Waals surface area (Å²) in [6.07, 6.45) is 1.36. The van der Waals surface area contributed by atoms with E-state index in [0.29, 0.717) is 11.5 Å². The SMILES string of the molecule is O=C(CNC(=O)c1cccc(F)c1)NN=Cc1ccc(-c2ccc(I)cc2)o1. The average Bonchev–Trinajstić information content (AvgIpc) is 3.15. The fraction of sp³-hybridized carbons (Fsp3) is 0.0500. The van der Waals surface area contributed by atoms with Crippen molar-refractivity contribution < 1.29 is 18.4 Å². The first-order valence-corrected chi connectivity index (χ1v) is 9.30. The van der Waals surface area contributed by atoms with Gasteiger partial charge in [0.2, 0.25) is 0 Å². The summed E-state index contributed by atoms with van der Waals surface area (Å²) in [6, 6.07) is 16.6. The Morgan fingerprint density at radius 1 is 1.11 bits per heavy atom. The van der Waals surface area contributed by atoms with Gasteiger partial charge in [0.1, 0.15) is 17.3 Å². The number of benzene rings is 2. The molecule has 1 aromatic heterocycles. The second-order valence-electron chi connectivity index (χ2n) is 5.70. The zero-order valence-corrected chi connectivity index (χ0v) is 16.6. The van der Waals surface area contributed by atoms with E-state index in [0.717, 1.165) is 15.2 Å². The maximum atomic E-state index is 13.1. The van der Waals surface area contributed by atoms with Crippen LogP contribution < -0.4 is 10.7 Å². The number of rotatable bonds is 6. The Morgan fingerprint density at radius 2 is 1.89 bits per heavy atom. The van der Waals surface area contributed by atoms with E-state index in [1.807, 2.05) is 30.3 Å². The monoisotopic (exact) mass is 491 g/mol. The van der Waals surface area contributed by atoms with Gasteiger partial charge in [0, 0.05) is 14.7 Å². The minimum atomic E-state index is -0.549. The summed E-state index contributed by atoms with van der Waals surface area (Å²) < 4.78 is 19.9. The van der Waals surface area contributed by atoms with Crippen LogP contribution in [0.25, 0.3) is 11.3 Å². The predicted octanol–water partition coefficient (Wildman–Crippen LogP) is 3.57. The minimum absolute atomic E-state index is 0.134. The first-order valence-electron chi connectivity index (χ1n) is 8.23. The molecular formula is C20H15FIN3O3. The van der Waals surface area contributed by atoms with Crippen molar-refractivity contribution in [2.24, 2.45) is 5.10 Å². The Morgan fingerprint density at radius 3 is 2.64 bits per heavy atom. The number of hydrazone groups is 1. The van der Waals surface area contributed by atoms with Crippen LogP contribution in [0.3, 0.4) is 0 Å². The van der Waals surface area contributed by atoms with Gasteiger partial charge >= 0.3 is 0 Å². The van der Waals surface area contributed by atoms with Crippen LogP contribution in [0, 0.1) is 9.39 Å². The summed E-state index contributed by atoms with van der Waals surface area (Å²) in [5, 5.41) is 6.19. The van der Waals surface area contributed by atoms with Gasteiger partial charge in [0.05, 0.1) is 12.8 Å². The molecule has 0 saturated carbocycles. The molecule has 1 heterocycles. The Labute approximate surface area is 174 Å². The molecular weight excluding hydrogens is 476 g/mol. The van der Waals surface area contributed by atoms with Gasteiger partial charge in [-0.15, -0.1) is 0 Å². The van der Waals surface area contributed by atoms with Crippen LogP contribution in [0.1, 0.15) is 16.1 Å². The molecule has 0 bridgehead atoms. The molecule has 0 fully saturated rings. The summed E-state index contributed by atoms with van der Waals surface area (Å²) in [6.45, 7) is -0.293. The quantitative estimate of drug-likeness (QED) is 0.314. The molecule has 2 aromatic carbocycles. The van der Waals surface area contributed by atoms with Gasteiger partial charge in [0.25, 0.3) is 11.8 Å². The summed E-state index contributed by atoms with van der Waals surface area (Å²) in [4.78, 5) is 23.6. The molecule has 28 heavy (non-hydrogen) atoms. The second-order valence-corrected chi connectivity index (χ2v) is 6.94. The highest BCUT2D eigenvalue weighted by atomic mass is 127. The first-order chi connectivity index (χ1) is 13.5. The minimum Gasteiger partial charge on any atom is -0.455 e. The van der Waals surface area contributed by atoms with Crippen LogP contribution in [0.4, 0.5) is 4.39 Å². The number of nitrogens with zero attached hydrogens (tertiary/aromatic N) is 1. The molecule has 2 amide bonds. The molecule has 0 unspecified atom stereocenters. The number of carbonyl (C=O) groups excluding carboxylic acids is 2. The summed E-state index contributed by atoms with van der Waals surface area (Å²) in [7, 11) is 0. The van der Waals surface area contributed by atoms with Gasteiger partial charge in [-0.05, 0) is 65.1 Å². The largest absolute Gasteiger partial charge is 0.455 e. The number of halogens is 2. The van der Waals surface area contributed by atoms with Crippen LogP contribution >= 0.6 is 22.6 Å². The van der Waals surface area contributed by atoms with Crippen molar-refractivity contribution in [2.75, 3.05) is 6.54 Å². The summed E-state index contributed by atoms with van der Waals surface area (Å²) >= 11 is 2.23. The maximum Gasteiger partial charge on any atom is 0.259 e. The summed E-state index contributed by atoms with van der Waals surface area (Å²) in [5.74, 6) is -0.439. The Balaban J connectivity index is 1.48. The maximum absolute atomic E-state index is 13.1. The lowest BCUT2D eigenvalue weighted by Gasteiger charge is -2.04. The van der Waals surface area contributed by atoms with E-state index in [9.17, 15) is 14.0 Å². The number of nitrogens with one attached hydrogen (secondary N) is 2. The van der Waals surface area contributed by atoms with E-state index in [-0.39, 0.29) is 12.1 Å². The van der Waals surface area contributed by atoms with Crippen LogP contribution in [-0.4, -0.2) is 24.6 Å². The smallest absolute Gasteiger partial charge is 0.259 e. The van der Waals surface area contributed by atoms with E-state index < -0.39 is 17.6 Å². The first kappa shape index (κ1) is 19.7. The fourth-order valence-corrected chi connectivity index (χ4v) is 2.65. The van der Waals surface area contributed by atoms with Gasteiger partial charge in [-0.1, -0.05) is 18.2 Å². The molecule has 6 nitrogen and oxygen atoms in total. The Hall–Kier alpha value is -3.01. The zero-order chi connectivity index (χ0) is 19.9. The standard InChI is InChI=1S/C20H15FIN3O3/c21-15-3-1-2-14(10-15)20(27)23-12-19(26)25-24-11-17-8-9-18(28-17)13-4-6-16(22)7-5-13/h1-11H,12H2,(H,23,27)(H,25,26). The Kier molecular flexibility index (Phi) is 6.53. The molecule has 0 aliphatic rings. The second kappa shape index (κ2) is 9.27. The van der Waals surface area contributed by atoms with E-state index in [1.54, 1.807) is 6.07 Å². The number of carbonyl (C=O) groups is 2. The fourth-order valence-electron chi connectivity index (χ4n) is 2.29. The van der Waals surface area contributed by atoms with Gasteiger partial charge in [-0.3, -0.25) is 9.59 Å². The topological polar surface area (TPSA) is 83.7 Å². The van der Waals surface area contributed by atoms with Gasteiger partial charge in [0.15, 0.2) is 0 Å². The van der Waals surface area contributed by atoms with Crippen LogP contribution in [0.5, 0.6) is 0 Å². The normalized spacial score (nSPS) is 10.8.